The van der Waals surface area contributed by atoms with Crippen LogP contribution in [-0.4, -0.2) is 46.9 Å². The van der Waals surface area contributed by atoms with E-state index in [1.54, 1.807) is 18.2 Å². The molecule has 0 aliphatic heterocycles. The van der Waals surface area contributed by atoms with Crippen molar-refractivity contribution >= 4 is 45.9 Å². The monoisotopic (exact) mass is 476 g/mol. The van der Waals surface area contributed by atoms with Crippen LogP contribution in [0, 0.1) is 10.1 Å². The Labute approximate surface area is 192 Å². The van der Waals surface area contributed by atoms with E-state index in [0.717, 1.165) is 0 Å². The van der Waals surface area contributed by atoms with Crippen molar-refractivity contribution in [1.29, 1.82) is 0 Å². The third kappa shape index (κ3) is 5.69. The van der Waals surface area contributed by atoms with E-state index in [1.165, 1.54) is 41.8 Å². The number of nitro benzene ring substituents is 1. The zero-order chi connectivity index (χ0) is 24.1. The Kier molecular flexibility index (Phi) is 7.34. The van der Waals surface area contributed by atoms with Gasteiger partial charge in [0.2, 0.25) is 11.8 Å². The van der Waals surface area contributed by atoms with Gasteiger partial charge in [0.25, 0.3) is 5.69 Å². The Hall–Kier alpha value is -3.86. The fourth-order valence-electron chi connectivity index (χ4n) is 3.23. The summed E-state index contributed by atoms with van der Waals surface area (Å²) >= 11 is 5.95. The maximum Gasteiger partial charge on any atom is 0.419 e. The first-order chi connectivity index (χ1) is 15.7. The van der Waals surface area contributed by atoms with Crippen LogP contribution in [0.5, 0.6) is 5.75 Å². The number of fused-ring (bicyclic) bond motifs is 1. The number of anilines is 1. The number of methoxy groups -OCH3 is 1. The summed E-state index contributed by atoms with van der Waals surface area (Å²) in [4.78, 5) is 48.4. The lowest BCUT2D eigenvalue weighted by atomic mass is 10.2. The van der Waals surface area contributed by atoms with Gasteiger partial charge in [-0.15, -0.1) is 0 Å². The molecule has 0 aliphatic rings. The van der Waals surface area contributed by atoms with Crippen LogP contribution >= 0.6 is 11.6 Å². The zero-order valence-electron chi connectivity index (χ0n) is 17.9. The molecule has 2 aromatic carbocycles. The van der Waals surface area contributed by atoms with E-state index in [0.29, 0.717) is 28.4 Å². The molecule has 0 bridgehead atoms. The molecule has 0 radical (unpaired) electrons. The minimum absolute atomic E-state index is 0.0797. The SMILES string of the molecule is COc1ccc(Cl)cc1NC(=O)CN(C)C(=O)CCCn1c(=O)oc2cc([N+](=O)[O-])ccc21. The summed E-state index contributed by atoms with van der Waals surface area (Å²) in [6, 6.07) is 8.68. The van der Waals surface area contributed by atoms with Crippen molar-refractivity contribution in [3.8, 4) is 5.75 Å². The molecule has 174 valence electrons. The smallest absolute Gasteiger partial charge is 0.419 e. The Balaban J connectivity index is 1.55. The van der Waals surface area contributed by atoms with Crippen molar-refractivity contribution in [2.45, 2.75) is 19.4 Å². The van der Waals surface area contributed by atoms with Gasteiger partial charge in [0.05, 0.1) is 35.8 Å². The summed E-state index contributed by atoms with van der Waals surface area (Å²) in [6.07, 6.45) is 0.384. The molecule has 33 heavy (non-hydrogen) atoms. The maximum absolute atomic E-state index is 12.4. The fraction of sp³-hybridized carbons (Fsp3) is 0.286. The van der Waals surface area contributed by atoms with Crippen LogP contribution < -0.4 is 15.8 Å². The molecular formula is C21H21ClN4O7. The average molecular weight is 477 g/mol. The van der Waals surface area contributed by atoms with Gasteiger partial charge in [0.15, 0.2) is 5.58 Å². The topological polar surface area (TPSA) is 137 Å². The van der Waals surface area contributed by atoms with Gasteiger partial charge in [-0.1, -0.05) is 11.6 Å². The number of non-ortho nitro benzene ring substituents is 1. The molecule has 11 nitrogen and oxygen atoms in total. The minimum atomic E-state index is -0.666. The lowest BCUT2D eigenvalue weighted by Crippen LogP contribution is -2.35. The number of carbonyl (C=O) groups is 2. The number of ether oxygens (including phenoxy) is 1. The Morgan fingerprint density at radius 1 is 1.27 bits per heavy atom. The van der Waals surface area contributed by atoms with Crippen LogP contribution in [0.1, 0.15) is 12.8 Å². The Bertz CT molecular complexity index is 1270. The number of halogens is 1. The number of hydrogen-bond donors (Lipinski definition) is 1. The number of rotatable bonds is 9. The number of hydrogen-bond acceptors (Lipinski definition) is 7. The summed E-state index contributed by atoms with van der Waals surface area (Å²) in [5, 5.41) is 14.0. The third-order valence-corrected chi connectivity index (χ3v) is 5.11. The molecule has 3 rings (SSSR count). The second-order valence-electron chi connectivity index (χ2n) is 7.17. The van der Waals surface area contributed by atoms with Crippen molar-refractivity contribution in [3.05, 3.63) is 62.1 Å². The molecule has 12 heteroatoms. The van der Waals surface area contributed by atoms with Crippen molar-refractivity contribution in [3.63, 3.8) is 0 Å². The lowest BCUT2D eigenvalue weighted by molar-refractivity contribution is -0.384. The van der Waals surface area contributed by atoms with Crippen molar-refractivity contribution < 1.29 is 23.7 Å². The maximum atomic E-state index is 12.4. The highest BCUT2D eigenvalue weighted by Gasteiger charge is 2.17. The van der Waals surface area contributed by atoms with Crippen LogP contribution in [0.4, 0.5) is 11.4 Å². The Morgan fingerprint density at radius 3 is 2.73 bits per heavy atom. The Morgan fingerprint density at radius 2 is 2.03 bits per heavy atom. The molecule has 0 spiro atoms. The first-order valence-electron chi connectivity index (χ1n) is 9.84. The highest BCUT2D eigenvalue weighted by atomic mass is 35.5. The number of nitrogens with zero attached hydrogens (tertiary/aromatic N) is 3. The van der Waals surface area contributed by atoms with Gasteiger partial charge < -0.3 is 19.4 Å². The number of aromatic nitrogens is 1. The van der Waals surface area contributed by atoms with E-state index in [9.17, 15) is 24.5 Å². The molecule has 0 unspecified atom stereocenters. The van der Waals surface area contributed by atoms with Crippen LogP contribution in [0.15, 0.2) is 45.6 Å². The molecule has 1 aromatic heterocycles. The van der Waals surface area contributed by atoms with Gasteiger partial charge in [-0.05, 0) is 30.7 Å². The number of carbonyl (C=O) groups excluding carboxylic acids is 2. The highest BCUT2D eigenvalue weighted by molar-refractivity contribution is 6.31. The van der Waals surface area contributed by atoms with E-state index >= 15 is 0 Å². The molecule has 0 saturated carbocycles. The van der Waals surface area contributed by atoms with Gasteiger partial charge in [0.1, 0.15) is 5.75 Å². The molecular weight excluding hydrogens is 456 g/mol. The van der Waals surface area contributed by atoms with Gasteiger partial charge in [-0.25, -0.2) is 4.79 Å². The number of benzene rings is 2. The fourth-order valence-corrected chi connectivity index (χ4v) is 3.40. The van der Waals surface area contributed by atoms with Gasteiger partial charge >= 0.3 is 5.76 Å². The van der Waals surface area contributed by atoms with E-state index < -0.39 is 16.6 Å². The number of aryl methyl sites for hydroxylation is 1. The lowest BCUT2D eigenvalue weighted by Gasteiger charge is -2.17. The molecule has 0 atom stereocenters. The number of oxazole rings is 1. The molecule has 0 saturated heterocycles. The normalized spacial score (nSPS) is 10.8. The largest absolute Gasteiger partial charge is 0.495 e. The van der Waals surface area contributed by atoms with Gasteiger partial charge in [0, 0.05) is 31.1 Å². The van der Waals surface area contributed by atoms with E-state index in [2.05, 4.69) is 5.32 Å². The molecule has 0 fully saturated rings. The molecule has 2 amide bonds. The number of nitrogens with one attached hydrogen (secondary N) is 1. The summed E-state index contributed by atoms with van der Waals surface area (Å²) in [5.74, 6) is -0.948. The average Bonchev–Trinajstić information content (AvgIpc) is 3.08. The molecule has 3 aromatic rings. The third-order valence-electron chi connectivity index (χ3n) is 4.88. The van der Waals surface area contributed by atoms with E-state index in [1.807, 2.05) is 0 Å². The van der Waals surface area contributed by atoms with Crippen LogP contribution in [0.2, 0.25) is 5.02 Å². The minimum Gasteiger partial charge on any atom is -0.495 e. The summed E-state index contributed by atoms with van der Waals surface area (Å²) in [6.45, 7) is -0.0120. The number of amides is 2. The van der Waals surface area contributed by atoms with E-state index in [4.69, 9.17) is 20.8 Å². The second kappa shape index (κ2) is 10.2. The quantitative estimate of drug-likeness (QED) is 0.370. The van der Waals surface area contributed by atoms with Crippen molar-refractivity contribution in [2.75, 3.05) is 26.0 Å². The number of likely N-dealkylation sites (N-methyl/N-ethyl adjacent to an activating group) is 1. The van der Waals surface area contributed by atoms with Crippen molar-refractivity contribution in [2.24, 2.45) is 0 Å². The standard InChI is InChI=1S/C21H21ClN4O7/c1-24(12-19(27)23-15-10-13(22)5-8-17(15)32-2)20(28)4-3-9-25-16-7-6-14(26(30)31)11-18(16)33-21(25)29/h5-8,10-11H,3-4,9,12H2,1-2H3,(H,23,27). The molecule has 1 heterocycles. The van der Waals surface area contributed by atoms with Crippen LogP contribution in [0.3, 0.4) is 0 Å². The summed E-state index contributed by atoms with van der Waals surface area (Å²) < 4.78 is 11.6. The van der Waals surface area contributed by atoms with Crippen LogP contribution in [0.25, 0.3) is 11.1 Å². The van der Waals surface area contributed by atoms with Gasteiger partial charge in [-0.3, -0.25) is 24.3 Å². The molecule has 0 aliphatic carbocycles. The number of nitro groups is 1. The zero-order valence-corrected chi connectivity index (χ0v) is 18.6. The van der Waals surface area contributed by atoms with Crippen LogP contribution in [-0.2, 0) is 16.1 Å². The predicted molar refractivity (Wildman–Crippen MR) is 121 cm³/mol. The first kappa shape index (κ1) is 23.8. The first-order valence-corrected chi connectivity index (χ1v) is 10.2. The molecule has 1 N–H and O–H groups in total. The predicted octanol–water partition coefficient (Wildman–Crippen LogP) is 3.04. The summed E-state index contributed by atoms with van der Waals surface area (Å²) in [7, 11) is 2.96. The van der Waals surface area contributed by atoms with E-state index in [-0.39, 0.29) is 36.7 Å². The summed E-state index contributed by atoms with van der Waals surface area (Å²) in [5.41, 5.74) is 0.711. The van der Waals surface area contributed by atoms with Gasteiger partial charge in [-0.2, -0.15) is 0 Å². The van der Waals surface area contributed by atoms with Crippen molar-refractivity contribution in [1.82, 2.24) is 9.47 Å². The highest BCUT2D eigenvalue weighted by Crippen LogP contribution is 2.27. The second-order valence-corrected chi connectivity index (χ2v) is 7.61.